The minimum atomic E-state index is 0.529. The molecule has 3 aromatic heterocycles. The lowest BCUT2D eigenvalue weighted by Crippen LogP contribution is -2.16. The number of thiophene rings is 1. The van der Waals surface area contributed by atoms with Gasteiger partial charge in [0.2, 0.25) is 0 Å². The number of para-hydroxylation sites is 1. The average molecular weight is 421 g/mol. The molecule has 0 aliphatic heterocycles. The highest BCUT2D eigenvalue weighted by molar-refractivity contribution is 7.98. The summed E-state index contributed by atoms with van der Waals surface area (Å²) in [5.41, 5.74) is 2.34. The van der Waals surface area contributed by atoms with Gasteiger partial charge in [0.1, 0.15) is 5.82 Å². The predicted octanol–water partition coefficient (Wildman–Crippen LogP) is 6.28. The number of thioether (sulfide) groups is 1. The number of hydrogen-bond acceptors (Lipinski definition) is 5. The van der Waals surface area contributed by atoms with Crippen LogP contribution in [0.3, 0.4) is 0 Å². The molecule has 1 saturated carbocycles. The third-order valence-corrected chi connectivity index (χ3v) is 7.53. The van der Waals surface area contributed by atoms with E-state index < -0.39 is 0 Å². The molecule has 1 aromatic carbocycles. The van der Waals surface area contributed by atoms with Crippen LogP contribution >= 0.6 is 23.1 Å². The molecule has 4 aromatic rings. The van der Waals surface area contributed by atoms with Gasteiger partial charge in [-0.05, 0) is 35.9 Å². The van der Waals surface area contributed by atoms with Gasteiger partial charge in [-0.2, -0.15) is 0 Å². The molecule has 0 N–H and O–H groups in total. The van der Waals surface area contributed by atoms with E-state index in [0.717, 1.165) is 28.7 Å². The number of aromatic nitrogens is 4. The SMILES string of the molecule is c1csc(Cc2nnc(SCc3cccc4cccnc34)n2C2CCCCC2)c1. The maximum atomic E-state index is 4.63. The number of hydrogen-bond donors (Lipinski definition) is 0. The van der Waals surface area contributed by atoms with E-state index in [1.165, 1.54) is 47.9 Å². The first-order chi connectivity index (χ1) is 14.4. The predicted molar refractivity (Wildman–Crippen MR) is 121 cm³/mol. The van der Waals surface area contributed by atoms with Crippen molar-refractivity contribution in [2.24, 2.45) is 0 Å². The molecule has 29 heavy (non-hydrogen) atoms. The van der Waals surface area contributed by atoms with Crippen molar-refractivity contribution in [1.29, 1.82) is 0 Å². The summed E-state index contributed by atoms with van der Waals surface area (Å²) in [7, 11) is 0. The summed E-state index contributed by atoms with van der Waals surface area (Å²) in [5.74, 6) is 1.97. The molecule has 0 bridgehead atoms. The maximum absolute atomic E-state index is 4.63. The van der Waals surface area contributed by atoms with E-state index in [1.807, 2.05) is 12.3 Å². The van der Waals surface area contributed by atoms with Crippen LogP contribution in [0.15, 0.2) is 59.2 Å². The molecule has 148 valence electrons. The highest BCUT2D eigenvalue weighted by Gasteiger charge is 2.23. The molecule has 4 nitrogen and oxygen atoms in total. The molecule has 1 aliphatic carbocycles. The van der Waals surface area contributed by atoms with Gasteiger partial charge in [0.05, 0.1) is 5.52 Å². The quantitative estimate of drug-likeness (QED) is 0.345. The van der Waals surface area contributed by atoms with Gasteiger partial charge in [-0.25, -0.2) is 0 Å². The van der Waals surface area contributed by atoms with Crippen LogP contribution in [0, 0.1) is 0 Å². The third-order valence-electron chi connectivity index (χ3n) is 5.66. The van der Waals surface area contributed by atoms with Gasteiger partial charge < -0.3 is 4.57 Å². The van der Waals surface area contributed by atoms with Gasteiger partial charge in [-0.1, -0.05) is 61.4 Å². The third kappa shape index (κ3) is 4.09. The minimum Gasteiger partial charge on any atom is -0.303 e. The summed E-state index contributed by atoms with van der Waals surface area (Å²) in [6.45, 7) is 0. The fourth-order valence-corrected chi connectivity index (χ4v) is 5.94. The molecule has 0 unspecified atom stereocenters. The summed E-state index contributed by atoms with van der Waals surface area (Å²) in [4.78, 5) is 5.96. The largest absolute Gasteiger partial charge is 0.303 e. The Morgan fingerprint density at radius 2 is 1.90 bits per heavy atom. The Morgan fingerprint density at radius 3 is 2.76 bits per heavy atom. The van der Waals surface area contributed by atoms with Crippen LogP contribution in [-0.2, 0) is 12.2 Å². The Morgan fingerprint density at radius 1 is 1.00 bits per heavy atom. The zero-order valence-electron chi connectivity index (χ0n) is 16.3. The summed E-state index contributed by atoms with van der Waals surface area (Å²) in [6, 6.07) is 15.4. The van der Waals surface area contributed by atoms with Crippen LogP contribution < -0.4 is 0 Å². The molecular formula is C23H24N4S2. The van der Waals surface area contributed by atoms with Crippen molar-refractivity contribution in [3.63, 3.8) is 0 Å². The van der Waals surface area contributed by atoms with Crippen molar-refractivity contribution in [2.75, 3.05) is 0 Å². The normalized spacial score (nSPS) is 15.2. The molecule has 0 amide bonds. The van der Waals surface area contributed by atoms with Crippen molar-refractivity contribution in [2.45, 2.75) is 55.5 Å². The Bertz CT molecular complexity index is 1080. The van der Waals surface area contributed by atoms with Gasteiger partial charge in [-0.3, -0.25) is 4.98 Å². The molecule has 1 aliphatic rings. The lowest BCUT2D eigenvalue weighted by atomic mass is 9.95. The molecule has 0 radical (unpaired) electrons. The van der Waals surface area contributed by atoms with E-state index in [-0.39, 0.29) is 0 Å². The molecule has 6 heteroatoms. The summed E-state index contributed by atoms with van der Waals surface area (Å²) in [6.07, 6.45) is 9.18. The number of pyridine rings is 1. The van der Waals surface area contributed by atoms with Crippen molar-refractivity contribution < 1.29 is 0 Å². The first-order valence-electron chi connectivity index (χ1n) is 10.3. The highest BCUT2D eigenvalue weighted by atomic mass is 32.2. The Balaban J connectivity index is 1.43. The van der Waals surface area contributed by atoms with E-state index in [0.29, 0.717) is 6.04 Å². The van der Waals surface area contributed by atoms with E-state index in [4.69, 9.17) is 0 Å². The number of benzene rings is 1. The number of rotatable bonds is 6. The Labute approximate surface area is 179 Å². The van der Waals surface area contributed by atoms with Crippen LogP contribution in [0.4, 0.5) is 0 Å². The highest BCUT2D eigenvalue weighted by Crippen LogP contribution is 2.35. The van der Waals surface area contributed by atoms with Crippen molar-refractivity contribution >= 4 is 34.0 Å². The number of fused-ring (bicyclic) bond motifs is 1. The summed E-state index contributed by atoms with van der Waals surface area (Å²) in [5, 5.41) is 13.6. The van der Waals surface area contributed by atoms with E-state index >= 15 is 0 Å². The van der Waals surface area contributed by atoms with Gasteiger partial charge in [0, 0.05) is 34.7 Å². The average Bonchev–Trinajstić information content (AvgIpc) is 3.43. The second kappa shape index (κ2) is 8.67. The fraction of sp³-hybridized carbons (Fsp3) is 0.348. The topological polar surface area (TPSA) is 43.6 Å². The zero-order valence-corrected chi connectivity index (χ0v) is 18.0. The Kier molecular flexibility index (Phi) is 5.63. The smallest absolute Gasteiger partial charge is 0.191 e. The molecule has 1 fully saturated rings. The zero-order chi connectivity index (χ0) is 19.5. The van der Waals surface area contributed by atoms with Crippen molar-refractivity contribution in [1.82, 2.24) is 19.7 Å². The second-order valence-electron chi connectivity index (χ2n) is 7.60. The molecule has 3 heterocycles. The molecule has 0 spiro atoms. The van der Waals surface area contributed by atoms with Crippen LogP contribution in [0.1, 0.15) is 54.4 Å². The first kappa shape index (κ1) is 18.8. The minimum absolute atomic E-state index is 0.529. The molecule has 0 atom stereocenters. The van der Waals surface area contributed by atoms with Gasteiger partial charge in [-0.15, -0.1) is 21.5 Å². The first-order valence-corrected chi connectivity index (χ1v) is 12.2. The standard InChI is InChI=1S/C23H24N4S2/c1-2-10-19(11-3-1)27-21(15-20-12-6-14-28-20)25-26-23(27)29-16-18-8-4-7-17-9-5-13-24-22(17)18/h4-9,12-14,19H,1-3,10-11,15-16H2. The van der Waals surface area contributed by atoms with Gasteiger partial charge in [0.25, 0.3) is 0 Å². The van der Waals surface area contributed by atoms with Crippen LogP contribution in [0.2, 0.25) is 0 Å². The molecule has 5 rings (SSSR count). The van der Waals surface area contributed by atoms with E-state index in [1.54, 1.807) is 23.1 Å². The van der Waals surface area contributed by atoms with E-state index in [2.05, 4.69) is 61.5 Å². The molecule has 0 saturated heterocycles. The van der Waals surface area contributed by atoms with Gasteiger partial charge >= 0.3 is 0 Å². The fourth-order valence-electron chi connectivity index (χ4n) is 4.23. The van der Waals surface area contributed by atoms with Crippen molar-refractivity contribution in [3.8, 4) is 0 Å². The maximum Gasteiger partial charge on any atom is 0.191 e. The van der Waals surface area contributed by atoms with Crippen LogP contribution in [0.25, 0.3) is 10.9 Å². The number of nitrogens with zero attached hydrogens (tertiary/aromatic N) is 4. The van der Waals surface area contributed by atoms with Gasteiger partial charge in [0.15, 0.2) is 5.16 Å². The summed E-state index contributed by atoms with van der Waals surface area (Å²) >= 11 is 3.59. The lowest BCUT2D eigenvalue weighted by Gasteiger charge is -2.25. The summed E-state index contributed by atoms with van der Waals surface area (Å²) < 4.78 is 2.45. The Hall–Kier alpha value is -2.18. The second-order valence-corrected chi connectivity index (χ2v) is 9.57. The molecular weight excluding hydrogens is 396 g/mol. The van der Waals surface area contributed by atoms with E-state index in [9.17, 15) is 0 Å². The van der Waals surface area contributed by atoms with Crippen molar-refractivity contribution in [3.05, 3.63) is 70.3 Å². The van der Waals surface area contributed by atoms with Crippen LogP contribution in [0.5, 0.6) is 0 Å². The lowest BCUT2D eigenvalue weighted by molar-refractivity contribution is 0.330. The monoisotopic (exact) mass is 420 g/mol. The van der Waals surface area contributed by atoms with Crippen LogP contribution in [-0.4, -0.2) is 19.7 Å².